The molecule has 1 aromatic carbocycles. The van der Waals surface area contributed by atoms with E-state index in [-0.39, 0.29) is 18.3 Å². The molecular weight excluding hydrogens is 334 g/mol. The SMILES string of the molecule is CCOc1cccc2sc(N(CCCN(C)C)C(C)=O)nc12.Cl. The van der Waals surface area contributed by atoms with Crippen LogP contribution in [0.1, 0.15) is 20.3 Å². The standard InChI is InChI=1S/C16H23N3O2S.ClH/c1-5-21-13-8-6-9-14-15(13)17-16(22-14)19(12(2)20)11-7-10-18(3)4;/h6,8-9H,5,7,10-11H2,1-4H3;1H. The molecule has 128 valence electrons. The number of anilines is 1. The normalized spacial score (nSPS) is 10.7. The number of fused-ring (bicyclic) bond motifs is 1. The van der Waals surface area contributed by atoms with Crippen molar-refractivity contribution in [1.29, 1.82) is 0 Å². The van der Waals surface area contributed by atoms with Gasteiger partial charge in [-0.05, 0) is 46.1 Å². The number of thiazole rings is 1. The fraction of sp³-hybridized carbons (Fsp3) is 0.500. The average Bonchev–Trinajstić information content (AvgIpc) is 2.87. The van der Waals surface area contributed by atoms with Crippen LogP contribution in [0.5, 0.6) is 5.75 Å². The van der Waals surface area contributed by atoms with Gasteiger partial charge in [-0.3, -0.25) is 9.69 Å². The lowest BCUT2D eigenvalue weighted by Gasteiger charge is -2.19. The van der Waals surface area contributed by atoms with Crippen molar-refractivity contribution in [2.45, 2.75) is 20.3 Å². The summed E-state index contributed by atoms with van der Waals surface area (Å²) in [5.74, 6) is 0.801. The van der Waals surface area contributed by atoms with E-state index in [1.165, 1.54) is 11.3 Å². The fourth-order valence-electron chi connectivity index (χ4n) is 2.23. The Morgan fingerprint density at radius 1 is 1.30 bits per heavy atom. The van der Waals surface area contributed by atoms with Gasteiger partial charge >= 0.3 is 0 Å². The predicted molar refractivity (Wildman–Crippen MR) is 99.2 cm³/mol. The summed E-state index contributed by atoms with van der Waals surface area (Å²) in [7, 11) is 4.06. The maximum absolute atomic E-state index is 12.0. The lowest BCUT2D eigenvalue weighted by atomic mass is 10.3. The van der Waals surface area contributed by atoms with E-state index in [0.29, 0.717) is 13.2 Å². The Bertz CT molecular complexity index is 645. The predicted octanol–water partition coefficient (Wildman–Crippen LogP) is 3.42. The van der Waals surface area contributed by atoms with E-state index in [9.17, 15) is 4.79 Å². The van der Waals surface area contributed by atoms with E-state index in [0.717, 1.165) is 34.1 Å². The van der Waals surface area contributed by atoms with Crippen molar-refractivity contribution in [3.05, 3.63) is 18.2 Å². The van der Waals surface area contributed by atoms with Gasteiger partial charge in [0.15, 0.2) is 5.13 Å². The number of carbonyl (C=O) groups is 1. The molecule has 1 aromatic heterocycles. The average molecular weight is 358 g/mol. The third-order valence-electron chi connectivity index (χ3n) is 3.27. The molecule has 23 heavy (non-hydrogen) atoms. The van der Waals surface area contributed by atoms with Gasteiger partial charge in [0.05, 0.1) is 11.3 Å². The molecule has 0 unspecified atom stereocenters. The molecule has 0 saturated carbocycles. The van der Waals surface area contributed by atoms with Gasteiger partial charge in [-0.15, -0.1) is 12.4 Å². The number of para-hydroxylation sites is 1. The molecule has 2 rings (SSSR count). The van der Waals surface area contributed by atoms with Gasteiger partial charge in [0.1, 0.15) is 11.3 Å². The highest BCUT2D eigenvalue weighted by atomic mass is 35.5. The molecule has 7 heteroatoms. The Morgan fingerprint density at radius 2 is 2.04 bits per heavy atom. The second-order valence-corrected chi connectivity index (χ2v) is 6.37. The van der Waals surface area contributed by atoms with Gasteiger partial charge in [-0.1, -0.05) is 17.4 Å². The second-order valence-electron chi connectivity index (χ2n) is 5.36. The number of nitrogens with zero attached hydrogens (tertiary/aromatic N) is 3. The van der Waals surface area contributed by atoms with Crippen LogP contribution in [-0.4, -0.2) is 49.6 Å². The first-order chi connectivity index (χ1) is 10.5. The Morgan fingerprint density at radius 3 is 2.65 bits per heavy atom. The zero-order valence-corrected chi connectivity index (χ0v) is 15.7. The van der Waals surface area contributed by atoms with Gasteiger partial charge in [0.2, 0.25) is 5.91 Å². The van der Waals surface area contributed by atoms with Crippen molar-refractivity contribution < 1.29 is 9.53 Å². The van der Waals surface area contributed by atoms with Crippen molar-refractivity contribution in [3.63, 3.8) is 0 Å². The number of benzene rings is 1. The number of rotatable bonds is 7. The summed E-state index contributed by atoms with van der Waals surface area (Å²) in [6, 6.07) is 5.88. The highest BCUT2D eigenvalue weighted by Crippen LogP contribution is 2.34. The van der Waals surface area contributed by atoms with Crippen LogP contribution in [0.25, 0.3) is 10.2 Å². The molecule has 0 fully saturated rings. The monoisotopic (exact) mass is 357 g/mol. The molecule has 1 heterocycles. The minimum atomic E-state index is 0. The number of ether oxygens (including phenoxy) is 1. The molecule has 1 amide bonds. The van der Waals surface area contributed by atoms with Gasteiger partial charge in [-0.2, -0.15) is 0 Å². The van der Waals surface area contributed by atoms with Crippen LogP contribution in [0.2, 0.25) is 0 Å². The zero-order chi connectivity index (χ0) is 16.1. The van der Waals surface area contributed by atoms with Crippen LogP contribution in [0.3, 0.4) is 0 Å². The van der Waals surface area contributed by atoms with Crippen LogP contribution in [0.4, 0.5) is 5.13 Å². The number of carbonyl (C=O) groups excluding carboxylic acids is 1. The Labute approximate surface area is 147 Å². The van der Waals surface area contributed by atoms with Crippen LogP contribution >= 0.6 is 23.7 Å². The number of halogens is 1. The van der Waals surface area contributed by atoms with Crippen molar-refractivity contribution in [1.82, 2.24) is 9.88 Å². The first-order valence-corrected chi connectivity index (χ1v) is 8.29. The quantitative estimate of drug-likeness (QED) is 0.761. The van der Waals surface area contributed by atoms with Crippen molar-refractivity contribution in [2.24, 2.45) is 0 Å². The summed E-state index contributed by atoms with van der Waals surface area (Å²) in [4.78, 5) is 20.5. The Hall–Kier alpha value is -1.37. The zero-order valence-electron chi connectivity index (χ0n) is 14.0. The van der Waals surface area contributed by atoms with E-state index in [4.69, 9.17) is 4.74 Å². The summed E-state index contributed by atoms with van der Waals surface area (Å²) in [6.45, 7) is 5.77. The van der Waals surface area contributed by atoms with Gasteiger partial charge < -0.3 is 9.64 Å². The summed E-state index contributed by atoms with van der Waals surface area (Å²) in [5, 5.41) is 0.744. The number of hydrogen-bond donors (Lipinski definition) is 0. The molecule has 0 aliphatic carbocycles. The first-order valence-electron chi connectivity index (χ1n) is 7.48. The van der Waals surface area contributed by atoms with E-state index in [1.54, 1.807) is 11.8 Å². The summed E-state index contributed by atoms with van der Waals surface area (Å²) in [6.07, 6.45) is 0.917. The molecule has 0 aliphatic heterocycles. The minimum Gasteiger partial charge on any atom is -0.492 e. The highest BCUT2D eigenvalue weighted by Gasteiger charge is 2.17. The molecule has 0 spiro atoms. The molecule has 0 atom stereocenters. The summed E-state index contributed by atoms with van der Waals surface area (Å²) >= 11 is 1.53. The van der Waals surface area contributed by atoms with E-state index >= 15 is 0 Å². The second kappa shape index (κ2) is 9.05. The minimum absolute atomic E-state index is 0. The van der Waals surface area contributed by atoms with Crippen LogP contribution in [0.15, 0.2) is 18.2 Å². The van der Waals surface area contributed by atoms with Crippen molar-refractivity contribution in [3.8, 4) is 5.75 Å². The maximum Gasteiger partial charge on any atom is 0.225 e. The molecule has 5 nitrogen and oxygen atoms in total. The number of hydrogen-bond acceptors (Lipinski definition) is 5. The van der Waals surface area contributed by atoms with Crippen molar-refractivity contribution in [2.75, 3.05) is 38.7 Å². The number of amides is 1. The smallest absolute Gasteiger partial charge is 0.225 e. The Kier molecular flexibility index (Phi) is 7.75. The number of aromatic nitrogens is 1. The highest BCUT2D eigenvalue weighted by molar-refractivity contribution is 7.22. The summed E-state index contributed by atoms with van der Waals surface area (Å²) in [5.41, 5.74) is 0.836. The topological polar surface area (TPSA) is 45.7 Å². The first kappa shape index (κ1) is 19.7. The molecule has 0 bridgehead atoms. The third-order valence-corrected chi connectivity index (χ3v) is 4.31. The van der Waals surface area contributed by atoms with Gasteiger partial charge in [-0.25, -0.2) is 4.98 Å². The molecule has 0 radical (unpaired) electrons. The van der Waals surface area contributed by atoms with Crippen LogP contribution in [0, 0.1) is 0 Å². The van der Waals surface area contributed by atoms with Crippen LogP contribution < -0.4 is 9.64 Å². The molecule has 2 aromatic rings. The van der Waals surface area contributed by atoms with Gasteiger partial charge in [0, 0.05) is 13.5 Å². The Balaban J connectivity index is 0.00000264. The molecule has 0 saturated heterocycles. The third kappa shape index (κ3) is 5.06. The van der Waals surface area contributed by atoms with Gasteiger partial charge in [0.25, 0.3) is 0 Å². The fourth-order valence-corrected chi connectivity index (χ4v) is 3.29. The molecule has 0 aliphatic rings. The van der Waals surface area contributed by atoms with E-state index in [1.807, 2.05) is 39.2 Å². The largest absolute Gasteiger partial charge is 0.492 e. The van der Waals surface area contributed by atoms with E-state index in [2.05, 4.69) is 9.88 Å². The van der Waals surface area contributed by atoms with Crippen LogP contribution in [-0.2, 0) is 4.79 Å². The summed E-state index contributed by atoms with van der Waals surface area (Å²) < 4.78 is 6.66. The lowest BCUT2D eigenvalue weighted by molar-refractivity contribution is -0.116. The van der Waals surface area contributed by atoms with E-state index < -0.39 is 0 Å². The van der Waals surface area contributed by atoms with Crippen molar-refractivity contribution >= 4 is 45.0 Å². The molecule has 0 N–H and O–H groups in total. The maximum atomic E-state index is 12.0. The lowest BCUT2D eigenvalue weighted by Crippen LogP contribution is -2.31. The molecular formula is C16H24ClN3O2S.